The molecule has 168 valence electrons. The first kappa shape index (κ1) is 27.6. The quantitative estimate of drug-likeness (QED) is 0.389. The summed E-state index contributed by atoms with van der Waals surface area (Å²) in [5.41, 5.74) is 10.7. The molecule has 0 aromatic heterocycles. The van der Waals surface area contributed by atoms with Crippen molar-refractivity contribution in [2.24, 2.45) is 0 Å². The maximum atomic E-state index is 2.46. The van der Waals surface area contributed by atoms with Crippen LogP contribution in [0.4, 0.5) is 0 Å². The molecule has 4 aromatic carbocycles. The molecule has 0 aliphatic heterocycles. The third-order valence-electron chi connectivity index (χ3n) is 6.98. The standard InChI is InChI=1S/4C8H9.Al.K/c4*1-7-4-3-5-8(2)6-7;;/h4*4-6H,1-2H3;;/q;;;;-1;+1. The van der Waals surface area contributed by atoms with Gasteiger partial charge in [0.1, 0.15) is 0 Å². The van der Waals surface area contributed by atoms with E-state index in [1.165, 1.54) is 62.2 Å². The van der Waals surface area contributed by atoms with E-state index >= 15 is 0 Å². The Morgan fingerprint density at radius 1 is 0.294 bits per heavy atom. The summed E-state index contributed by atoms with van der Waals surface area (Å²) in [6.07, 6.45) is 0. The van der Waals surface area contributed by atoms with E-state index in [2.05, 4.69) is 128 Å². The van der Waals surface area contributed by atoms with E-state index in [0.29, 0.717) is 0 Å². The topological polar surface area (TPSA) is 0 Å². The molecule has 0 N–H and O–H groups in total. The van der Waals surface area contributed by atoms with Gasteiger partial charge in [-0.15, -0.1) is 48.5 Å². The van der Waals surface area contributed by atoms with Crippen molar-refractivity contribution in [3.8, 4) is 0 Å². The molecule has 4 aromatic rings. The van der Waals surface area contributed by atoms with Gasteiger partial charge in [0.15, 0.2) is 0 Å². The van der Waals surface area contributed by atoms with Crippen LogP contribution in [-0.2, 0) is 0 Å². The smallest absolute Gasteiger partial charge is 0.217 e. The van der Waals surface area contributed by atoms with E-state index in [0.717, 1.165) is 0 Å². The molecule has 0 saturated carbocycles. The van der Waals surface area contributed by atoms with Crippen LogP contribution in [0.3, 0.4) is 0 Å². The van der Waals surface area contributed by atoms with Crippen LogP contribution < -0.4 is 69.1 Å². The van der Waals surface area contributed by atoms with Crippen molar-refractivity contribution in [3.63, 3.8) is 0 Å². The Morgan fingerprint density at radius 3 is 0.588 bits per heavy atom. The van der Waals surface area contributed by atoms with Gasteiger partial charge in [0.2, 0.25) is 0 Å². The van der Waals surface area contributed by atoms with Crippen molar-refractivity contribution in [2.75, 3.05) is 0 Å². The van der Waals surface area contributed by atoms with E-state index < -0.39 is 13.1 Å². The molecule has 2 heteroatoms. The van der Waals surface area contributed by atoms with Gasteiger partial charge < -0.3 is 0 Å². The van der Waals surface area contributed by atoms with E-state index in [1.807, 2.05) is 0 Å². The maximum Gasteiger partial charge on any atom is 1.00 e. The zero-order valence-corrected chi connectivity index (χ0v) is 26.8. The van der Waals surface area contributed by atoms with Crippen molar-refractivity contribution in [1.82, 2.24) is 0 Å². The molecule has 0 saturated heterocycles. The van der Waals surface area contributed by atoms with Crippen LogP contribution in [0.25, 0.3) is 0 Å². The average Bonchev–Trinajstić information content (AvgIpc) is 2.65. The SMILES string of the molecule is Cc1cc(C)c[c]([Al-]([c]2cc(C)cc(C)c2)([c]2cc(C)cc(C)c2)[c]2cc(C)cc(C)c2)c1.[K+]. The second-order valence-electron chi connectivity index (χ2n) is 10.6. The normalized spacial score (nSPS) is 11.3. The summed E-state index contributed by atoms with van der Waals surface area (Å²) in [6, 6.07) is 28.9. The Bertz CT molecular complexity index is 1060. The zero-order chi connectivity index (χ0) is 23.9. The van der Waals surface area contributed by atoms with E-state index in [4.69, 9.17) is 0 Å². The molecule has 0 nitrogen and oxygen atoms in total. The molecule has 0 fully saturated rings. The summed E-state index contributed by atoms with van der Waals surface area (Å²) in [6.45, 7) is 17.9. The first-order chi connectivity index (χ1) is 15.6. The first-order valence-electron chi connectivity index (χ1n) is 12.1. The Morgan fingerprint density at radius 2 is 0.441 bits per heavy atom. The molecule has 4 rings (SSSR count). The molecule has 0 bridgehead atoms. The molecule has 0 atom stereocenters. The minimum Gasteiger partial charge on any atom is -0.217 e. The van der Waals surface area contributed by atoms with Crippen molar-refractivity contribution in [1.29, 1.82) is 0 Å². The fraction of sp³-hybridized carbons (Fsp3) is 0.250. The van der Waals surface area contributed by atoms with Crippen LogP contribution >= 0.6 is 0 Å². The second-order valence-corrected chi connectivity index (χ2v) is 14.9. The van der Waals surface area contributed by atoms with Gasteiger partial charge in [0, 0.05) is 0 Å². The molecule has 34 heavy (non-hydrogen) atoms. The second kappa shape index (κ2) is 11.0. The number of hydrogen-bond donors (Lipinski definition) is 0. The first-order valence-corrected chi connectivity index (χ1v) is 14.4. The minimum atomic E-state index is -2.98. The molecule has 0 heterocycles. The van der Waals surface area contributed by atoms with Crippen LogP contribution in [0.2, 0.25) is 0 Å². The van der Waals surface area contributed by atoms with Gasteiger partial charge in [-0.1, -0.05) is 68.8 Å². The number of benzene rings is 4. The number of aryl methyl sites for hydroxylation is 8. The van der Waals surface area contributed by atoms with Crippen LogP contribution in [-0.4, -0.2) is 13.1 Å². The Kier molecular flexibility index (Phi) is 8.92. The van der Waals surface area contributed by atoms with Crippen molar-refractivity contribution in [3.05, 3.63) is 117 Å². The van der Waals surface area contributed by atoms with Crippen LogP contribution in [0, 0.1) is 55.4 Å². The molecule has 0 unspecified atom stereocenters. The van der Waals surface area contributed by atoms with Gasteiger partial charge in [-0.05, 0) is 55.4 Å². The average molecular weight is 487 g/mol. The van der Waals surface area contributed by atoms with Gasteiger partial charge in [0.05, 0.1) is 0 Å². The predicted octanol–water partition coefficient (Wildman–Crippen LogP) is 2.54. The number of hydrogen-bond acceptors (Lipinski definition) is 0. The van der Waals surface area contributed by atoms with Gasteiger partial charge in [-0.3, -0.25) is 0 Å². The molecule has 0 amide bonds. The monoisotopic (exact) mass is 486 g/mol. The molecule has 0 aliphatic carbocycles. The summed E-state index contributed by atoms with van der Waals surface area (Å²) >= 11 is -2.98. The summed E-state index contributed by atoms with van der Waals surface area (Å²) in [5.74, 6) is 0. The van der Waals surface area contributed by atoms with Gasteiger partial charge in [-0.2, -0.15) is 0 Å². The third kappa shape index (κ3) is 5.55. The minimum absolute atomic E-state index is 0. The molecular weight excluding hydrogens is 450 g/mol. The van der Waals surface area contributed by atoms with Crippen LogP contribution in [0.5, 0.6) is 0 Å². The molecule has 0 aliphatic rings. The molecular formula is C32H36AlK. The Balaban J connectivity index is 0.00000324. The number of rotatable bonds is 4. The van der Waals surface area contributed by atoms with Gasteiger partial charge in [0.25, 0.3) is 13.1 Å². The van der Waals surface area contributed by atoms with E-state index in [1.54, 1.807) is 0 Å². The molecule has 0 spiro atoms. The summed E-state index contributed by atoms with van der Waals surface area (Å²) in [7, 11) is 0. The fourth-order valence-electron chi connectivity index (χ4n) is 6.19. The largest absolute Gasteiger partial charge is 1.00 e. The predicted molar refractivity (Wildman–Crippen MR) is 148 cm³/mol. The third-order valence-corrected chi connectivity index (χ3v) is 12.3. The van der Waals surface area contributed by atoms with Crippen molar-refractivity contribution >= 4 is 30.8 Å². The van der Waals surface area contributed by atoms with Crippen LogP contribution in [0.1, 0.15) is 44.5 Å². The zero-order valence-electron chi connectivity index (χ0n) is 22.5. The maximum absolute atomic E-state index is 2.98. The van der Waals surface area contributed by atoms with E-state index in [-0.39, 0.29) is 51.4 Å². The Labute approximate surface area is 251 Å². The molecule has 0 radical (unpaired) electrons. The van der Waals surface area contributed by atoms with Gasteiger partial charge >= 0.3 is 51.4 Å². The van der Waals surface area contributed by atoms with Gasteiger partial charge in [-0.25, -0.2) is 17.7 Å². The van der Waals surface area contributed by atoms with E-state index in [9.17, 15) is 0 Å². The van der Waals surface area contributed by atoms with Crippen LogP contribution in [0.15, 0.2) is 72.8 Å². The fourth-order valence-corrected chi connectivity index (χ4v) is 12.6. The van der Waals surface area contributed by atoms with Crippen molar-refractivity contribution in [2.45, 2.75) is 55.4 Å². The summed E-state index contributed by atoms with van der Waals surface area (Å²) in [5, 5.41) is 0. The summed E-state index contributed by atoms with van der Waals surface area (Å²) in [4.78, 5) is 0. The summed E-state index contributed by atoms with van der Waals surface area (Å²) < 4.78 is 6.00. The van der Waals surface area contributed by atoms with Crippen molar-refractivity contribution < 1.29 is 51.4 Å². The Hall–Kier alpha value is -0.951.